The first-order valence-electron chi connectivity index (χ1n) is 6.55. The van der Waals surface area contributed by atoms with Crippen LogP contribution in [0.2, 0.25) is 0 Å². The van der Waals surface area contributed by atoms with Crippen LogP contribution in [0.5, 0.6) is 0 Å². The highest BCUT2D eigenvalue weighted by Gasteiger charge is 2.37. The van der Waals surface area contributed by atoms with Crippen molar-refractivity contribution < 1.29 is 14.3 Å². The summed E-state index contributed by atoms with van der Waals surface area (Å²) in [7, 11) is 0. The third-order valence-corrected chi connectivity index (χ3v) is 4.68. The van der Waals surface area contributed by atoms with E-state index in [9.17, 15) is 9.59 Å². The molecule has 0 aliphatic carbocycles. The first-order chi connectivity index (χ1) is 9.87. The van der Waals surface area contributed by atoms with Gasteiger partial charge in [0.15, 0.2) is 5.82 Å². The van der Waals surface area contributed by atoms with Crippen LogP contribution >= 0.6 is 11.8 Å². The van der Waals surface area contributed by atoms with Crippen LogP contribution < -0.4 is 11.1 Å². The van der Waals surface area contributed by atoms with E-state index in [1.165, 1.54) is 10.8 Å². The number of primary amides is 1. The van der Waals surface area contributed by atoms with Crippen molar-refractivity contribution in [1.29, 1.82) is 0 Å². The highest BCUT2D eigenvalue weighted by Crippen LogP contribution is 2.22. The summed E-state index contributed by atoms with van der Waals surface area (Å²) in [4.78, 5) is 27.7. The second-order valence-electron chi connectivity index (χ2n) is 5.38. The summed E-state index contributed by atoms with van der Waals surface area (Å²) in [5.74, 6) is -0.895. The van der Waals surface area contributed by atoms with Crippen molar-refractivity contribution in [2.75, 3.05) is 19.5 Å². The van der Waals surface area contributed by atoms with E-state index in [1.807, 2.05) is 6.26 Å². The second-order valence-corrected chi connectivity index (χ2v) is 6.46. The zero-order valence-electron chi connectivity index (χ0n) is 12.3. The van der Waals surface area contributed by atoms with E-state index in [0.29, 0.717) is 13.2 Å². The third kappa shape index (κ3) is 3.06. The van der Waals surface area contributed by atoms with Crippen LogP contribution in [0.15, 0.2) is 6.20 Å². The maximum absolute atomic E-state index is 12.6. The van der Waals surface area contributed by atoms with E-state index < -0.39 is 11.4 Å². The SMILES string of the molecule is CS[C@@H]1COC[C@H]1NC(=O)C(C)(C)n1c[c]nc1C(N)=O. The Labute approximate surface area is 127 Å². The normalized spacial score (nSPS) is 22.2. The monoisotopic (exact) mass is 311 g/mol. The maximum Gasteiger partial charge on any atom is 0.284 e. The lowest BCUT2D eigenvalue weighted by Crippen LogP contribution is -2.51. The molecule has 2 rings (SSSR count). The topological polar surface area (TPSA) is 99.2 Å². The van der Waals surface area contributed by atoms with E-state index in [-0.39, 0.29) is 23.0 Å². The number of thioether (sulfide) groups is 1. The number of hydrogen-bond donors (Lipinski definition) is 2. The third-order valence-electron chi connectivity index (χ3n) is 3.61. The minimum Gasteiger partial charge on any atom is -0.378 e. The Kier molecular flexibility index (Phi) is 4.58. The lowest BCUT2D eigenvalue weighted by atomic mass is 10.0. The second kappa shape index (κ2) is 6.07. The highest BCUT2D eigenvalue weighted by atomic mass is 32.2. The highest BCUT2D eigenvalue weighted by molar-refractivity contribution is 7.99. The molecule has 2 heterocycles. The number of hydrogen-bond acceptors (Lipinski definition) is 5. The number of imidazole rings is 1. The molecule has 0 bridgehead atoms. The van der Waals surface area contributed by atoms with Crippen LogP contribution in [-0.2, 0) is 15.1 Å². The first kappa shape index (κ1) is 15.8. The van der Waals surface area contributed by atoms with E-state index in [4.69, 9.17) is 10.5 Å². The number of nitrogens with two attached hydrogens (primary N) is 1. The summed E-state index contributed by atoms with van der Waals surface area (Å²) in [6.07, 6.45) is 6.00. The molecule has 0 spiro atoms. The summed E-state index contributed by atoms with van der Waals surface area (Å²) in [6, 6.07) is -0.0451. The predicted octanol–water partition coefficient (Wildman–Crippen LogP) is -0.236. The molecule has 1 aromatic rings. The van der Waals surface area contributed by atoms with E-state index in [1.54, 1.807) is 25.6 Å². The summed E-state index contributed by atoms with van der Waals surface area (Å²) in [6.45, 7) is 4.52. The van der Waals surface area contributed by atoms with Crippen molar-refractivity contribution in [2.45, 2.75) is 30.7 Å². The lowest BCUT2D eigenvalue weighted by Gasteiger charge is -2.29. The molecule has 1 saturated heterocycles. The van der Waals surface area contributed by atoms with Crippen LogP contribution in [0.1, 0.15) is 24.5 Å². The molecule has 0 unspecified atom stereocenters. The molecule has 7 nitrogen and oxygen atoms in total. The zero-order valence-corrected chi connectivity index (χ0v) is 13.1. The van der Waals surface area contributed by atoms with Gasteiger partial charge in [-0.2, -0.15) is 11.8 Å². The molecule has 1 aromatic heterocycles. The van der Waals surface area contributed by atoms with Crippen molar-refractivity contribution in [3.8, 4) is 0 Å². The molecular formula is C13H19N4O3S. The van der Waals surface area contributed by atoms with Gasteiger partial charge >= 0.3 is 0 Å². The number of carbonyl (C=O) groups is 2. The van der Waals surface area contributed by atoms with Crippen molar-refractivity contribution in [3.63, 3.8) is 0 Å². The predicted molar refractivity (Wildman–Crippen MR) is 79.0 cm³/mol. The Morgan fingerprint density at radius 2 is 2.29 bits per heavy atom. The van der Waals surface area contributed by atoms with Crippen LogP contribution in [-0.4, -0.2) is 52.1 Å². The van der Waals surface area contributed by atoms with Crippen LogP contribution in [0, 0.1) is 6.20 Å². The molecule has 1 radical (unpaired) electrons. The fourth-order valence-corrected chi connectivity index (χ4v) is 2.93. The zero-order chi connectivity index (χ0) is 15.6. The minimum atomic E-state index is -0.997. The van der Waals surface area contributed by atoms with Crippen molar-refractivity contribution >= 4 is 23.6 Å². The number of aromatic nitrogens is 2. The summed E-state index contributed by atoms with van der Waals surface area (Å²) in [5, 5.41) is 3.21. The molecule has 2 amide bonds. The summed E-state index contributed by atoms with van der Waals surface area (Å²) >= 11 is 1.66. The number of nitrogens with zero attached hydrogens (tertiary/aromatic N) is 2. The fourth-order valence-electron chi connectivity index (χ4n) is 2.22. The molecule has 21 heavy (non-hydrogen) atoms. The van der Waals surface area contributed by atoms with Gasteiger partial charge in [0.05, 0.1) is 24.5 Å². The average molecular weight is 311 g/mol. The Balaban J connectivity index is 2.16. The maximum atomic E-state index is 12.6. The first-order valence-corrected chi connectivity index (χ1v) is 7.84. The molecule has 1 aliphatic rings. The van der Waals surface area contributed by atoms with Crippen molar-refractivity contribution in [3.05, 3.63) is 18.2 Å². The van der Waals surface area contributed by atoms with E-state index >= 15 is 0 Å². The Hall–Kier alpha value is -1.54. The Bertz CT molecular complexity index is 543. The molecule has 0 aromatic carbocycles. The van der Waals surface area contributed by atoms with Gasteiger partial charge < -0.3 is 20.4 Å². The van der Waals surface area contributed by atoms with Gasteiger partial charge in [-0.05, 0) is 20.1 Å². The van der Waals surface area contributed by atoms with Gasteiger partial charge in [-0.25, -0.2) is 4.98 Å². The quantitative estimate of drug-likeness (QED) is 0.782. The Morgan fingerprint density at radius 3 is 2.90 bits per heavy atom. The minimum absolute atomic E-state index is 0.0132. The largest absolute Gasteiger partial charge is 0.378 e. The Morgan fingerprint density at radius 1 is 1.57 bits per heavy atom. The van der Waals surface area contributed by atoms with Gasteiger partial charge in [-0.3, -0.25) is 9.59 Å². The number of carbonyl (C=O) groups excluding carboxylic acids is 2. The van der Waals surface area contributed by atoms with E-state index in [2.05, 4.69) is 16.5 Å². The molecule has 115 valence electrons. The summed E-state index contributed by atoms with van der Waals surface area (Å²) < 4.78 is 6.83. The number of amides is 2. The molecule has 2 atom stereocenters. The van der Waals surface area contributed by atoms with Gasteiger partial charge in [0.25, 0.3) is 5.91 Å². The summed E-state index contributed by atoms with van der Waals surface area (Å²) in [5.41, 5.74) is 4.27. The molecule has 3 N–H and O–H groups in total. The number of nitrogens with one attached hydrogen (secondary N) is 1. The number of ether oxygens (including phenoxy) is 1. The van der Waals surface area contributed by atoms with E-state index in [0.717, 1.165) is 0 Å². The van der Waals surface area contributed by atoms with Gasteiger partial charge in [-0.15, -0.1) is 0 Å². The molecule has 1 fully saturated rings. The molecular weight excluding hydrogens is 292 g/mol. The van der Waals surface area contributed by atoms with Gasteiger partial charge in [0.1, 0.15) is 11.7 Å². The van der Waals surface area contributed by atoms with Crippen LogP contribution in [0.25, 0.3) is 0 Å². The molecule has 1 aliphatic heterocycles. The molecule has 0 saturated carbocycles. The standard InChI is InChI=1S/C13H19N4O3S/c1-13(2,17-5-4-15-11(17)10(14)18)12(19)16-8-6-20-7-9(8)21-3/h5,8-9H,6-7H2,1-3H3,(H2,14,18)(H,16,19)/t8-,9-/m1/s1. The lowest BCUT2D eigenvalue weighted by molar-refractivity contribution is -0.129. The van der Waals surface area contributed by atoms with Gasteiger partial charge in [-0.1, -0.05) is 0 Å². The van der Waals surface area contributed by atoms with Crippen LogP contribution in [0.4, 0.5) is 0 Å². The smallest absolute Gasteiger partial charge is 0.284 e. The van der Waals surface area contributed by atoms with Crippen LogP contribution in [0.3, 0.4) is 0 Å². The molecule has 8 heteroatoms. The average Bonchev–Trinajstić information content (AvgIpc) is 3.06. The van der Waals surface area contributed by atoms with Gasteiger partial charge in [0.2, 0.25) is 5.91 Å². The van der Waals surface area contributed by atoms with Gasteiger partial charge in [0, 0.05) is 6.20 Å². The fraction of sp³-hybridized carbons (Fsp3) is 0.615. The van der Waals surface area contributed by atoms with Crippen molar-refractivity contribution in [2.24, 2.45) is 5.73 Å². The number of rotatable bonds is 5. The van der Waals surface area contributed by atoms with Crippen molar-refractivity contribution in [1.82, 2.24) is 14.9 Å².